The number of carbonyl (C=O) groups is 1. The van der Waals surface area contributed by atoms with Crippen LogP contribution in [0.15, 0.2) is 22.7 Å². The molecular formula is C18H23FN4O3. The lowest BCUT2D eigenvalue weighted by Crippen LogP contribution is -2.53. The van der Waals surface area contributed by atoms with Crippen LogP contribution in [0.3, 0.4) is 0 Å². The number of aromatic nitrogens is 2. The zero-order valence-electron chi connectivity index (χ0n) is 15.2. The Morgan fingerprint density at radius 3 is 2.96 bits per heavy atom. The van der Waals surface area contributed by atoms with E-state index in [4.69, 9.17) is 9.26 Å². The number of benzene rings is 1. The number of piperazine rings is 1. The molecule has 0 spiro atoms. The molecule has 1 atom stereocenters. The van der Waals surface area contributed by atoms with E-state index in [1.54, 1.807) is 24.0 Å². The van der Waals surface area contributed by atoms with Gasteiger partial charge in [-0.1, -0.05) is 16.8 Å². The summed E-state index contributed by atoms with van der Waals surface area (Å²) in [4.78, 5) is 20.0. The topological polar surface area (TPSA) is 71.7 Å². The lowest BCUT2D eigenvalue weighted by molar-refractivity contribution is 0.0531. The van der Waals surface area contributed by atoms with Gasteiger partial charge in [0.1, 0.15) is 5.82 Å². The zero-order chi connectivity index (χ0) is 18.7. The minimum Gasteiger partial charge on any atom is -0.450 e. The highest BCUT2D eigenvalue weighted by Gasteiger charge is 2.28. The van der Waals surface area contributed by atoms with E-state index in [-0.39, 0.29) is 23.8 Å². The summed E-state index contributed by atoms with van der Waals surface area (Å²) in [6.07, 6.45) is -0.282. The summed E-state index contributed by atoms with van der Waals surface area (Å²) in [5, 5.41) is 3.98. The fraction of sp³-hybridized carbons (Fsp3) is 0.500. The summed E-state index contributed by atoms with van der Waals surface area (Å²) >= 11 is 0. The van der Waals surface area contributed by atoms with E-state index in [0.29, 0.717) is 44.2 Å². The fourth-order valence-electron chi connectivity index (χ4n) is 3.02. The molecule has 0 unspecified atom stereocenters. The van der Waals surface area contributed by atoms with Gasteiger partial charge in [-0.05, 0) is 32.9 Å². The third kappa shape index (κ3) is 4.01. The Morgan fingerprint density at radius 1 is 1.42 bits per heavy atom. The predicted octanol–water partition coefficient (Wildman–Crippen LogP) is 2.85. The number of halogens is 1. The highest BCUT2D eigenvalue weighted by atomic mass is 19.1. The van der Waals surface area contributed by atoms with E-state index in [0.717, 1.165) is 5.56 Å². The van der Waals surface area contributed by atoms with E-state index in [9.17, 15) is 9.18 Å². The summed E-state index contributed by atoms with van der Waals surface area (Å²) in [6.45, 7) is 8.41. The number of carbonyl (C=O) groups excluding carboxylic acids is 1. The maximum Gasteiger partial charge on any atom is 0.409 e. The van der Waals surface area contributed by atoms with E-state index in [2.05, 4.69) is 15.0 Å². The van der Waals surface area contributed by atoms with Crippen LogP contribution < -0.4 is 0 Å². The van der Waals surface area contributed by atoms with Gasteiger partial charge in [-0.2, -0.15) is 4.98 Å². The standard InChI is InChI=1S/C18H23FN4O3/c1-4-25-18(24)23-8-7-22(13(3)10-23)11-16-20-17(26-21-16)14-9-12(2)5-6-15(14)19/h5-6,9,13H,4,7-8,10-11H2,1-3H3/t13-/m0/s1. The smallest absolute Gasteiger partial charge is 0.409 e. The zero-order valence-corrected chi connectivity index (χ0v) is 15.2. The van der Waals surface area contributed by atoms with Crippen LogP contribution in [-0.2, 0) is 11.3 Å². The second-order valence-electron chi connectivity index (χ2n) is 6.46. The van der Waals surface area contributed by atoms with Crippen molar-refractivity contribution in [1.29, 1.82) is 0 Å². The van der Waals surface area contributed by atoms with Crippen LogP contribution in [0.4, 0.5) is 9.18 Å². The molecule has 0 aliphatic carbocycles. The monoisotopic (exact) mass is 362 g/mol. The van der Waals surface area contributed by atoms with Crippen molar-refractivity contribution in [2.75, 3.05) is 26.2 Å². The Labute approximate surface area is 151 Å². The minimum atomic E-state index is -0.387. The molecule has 1 amide bonds. The molecule has 140 valence electrons. The van der Waals surface area contributed by atoms with E-state index in [1.165, 1.54) is 6.07 Å². The van der Waals surface area contributed by atoms with Crippen LogP contribution in [0, 0.1) is 12.7 Å². The van der Waals surface area contributed by atoms with Gasteiger partial charge in [0.15, 0.2) is 5.82 Å². The van der Waals surface area contributed by atoms with Crippen LogP contribution in [0.25, 0.3) is 11.5 Å². The van der Waals surface area contributed by atoms with Crippen molar-refractivity contribution >= 4 is 6.09 Å². The second kappa shape index (κ2) is 7.82. The van der Waals surface area contributed by atoms with E-state index >= 15 is 0 Å². The normalized spacial score (nSPS) is 18.2. The van der Waals surface area contributed by atoms with Crippen molar-refractivity contribution in [2.24, 2.45) is 0 Å². The molecule has 0 radical (unpaired) electrons. The van der Waals surface area contributed by atoms with Gasteiger partial charge in [0.25, 0.3) is 5.89 Å². The lowest BCUT2D eigenvalue weighted by atomic mass is 10.1. The molecule has 26 heavy (non-hydrogen) atoms. The number of nitrogens with zero attached hydrogens (tertiary/aromatic N) is 4. The fourth-order valence-corrected chi connectivity index (χ4v) is 3.02. The number of hydrogen-bond donors (Lipinski definition) is 0. The Hall–Kier alpha value is -2.48. The summed E-state index contributed by atoms with van der Waals surface area (Å²) in [7, 11) is 0. The molecule has 8 heteroatoms. The molecule has 1 aliphatic rings. The maximum absolute atomic E-state index is 14.0. The molecule has 7 nitrogen and oxygen atoms in total. The summed E-state index contributed by atoms with van der Waals surface area (Å²) in [5.74, 6) is 0.290. The van der Waals surface area contributed by atoms with Gasteiger partial charge in [0, 0.05) is 25.7 Å². The van der Waals surface area contributed by atoms with Crippen molar-refractivity contribution in [3.63, 3.8) is 0 Å². The number of aryl methyl sites for hydroxylation is 1. The van der Waals surface area contributed by atoms with Gasteiger partial charge in [0.2, 0.25) is 0 Å². The van der Waals surface area contributed by atoms with E-state index in [1.807, 2.05) is 13.8 Å². The molecule has 3 rings (SSSR count). The number of amides is 1. The van der Waals surface area contributed by atoms with Crippen LogP contribution in [0.2, 0.25) is 0 Å². The Kier molecular flexibility index (Phi) is 5.51. The van der Waals surface area contributed by atoms with Crippen LogP contribution in [0.5, 0.6) is 0 Å². The third-order valence-electron chi connectivity index (χ3n) is 4.46. The van der Waals surface area contributed by atoms with Gasteiger partial charge in [-0.3, -0.25) is 4.90 Å². The molecule has 1 fully saturated rings. The maximum atomic E-state index is 14.0. The van der Waals surface area contributed by atoms with Crippen LogP contribution in [-0.4, -0.2) is 58.3 Å². The first-order valence-corrected chi connectivity index (χ1v) is 8.72. The Bertz CT molecular complexity index is 780. The van der Waals surface area contributed by atoms with Gasteiger partial charge in [-0.25, -0.2) is 9.18 Å². The highest BCUT2D eigenvalue weighted by Crippen LogP contribution is 2.23. The number of rotatable bonds is 4. The van der Waals surface area contributed by atoms with Crippen molar-refractivity contribution < 1.29 is 18.4 Å². The molecule has 2 aromatic rings. The molecule has 0 saturated carbocycles. The molecule has 2 heterocycles. The van der Waals surface area contributed by atoms with Crippen LogP contribution >= 0.6 is 0 Å². The molecule has 0 N–H and O–H groups in total. The van der Waals surface area contributed by atoms with Crippen LogP contribution in [0.1, 0.15) is 25.2 Å². The SMILES string of the molecule is CCOC(=O)N1CCN(Cc2noc(-c3cc(C)ccc3F)n2)[C@@H](C)C1. The van der Waals surface area contributed by atoms with Crippen molar-refractivity contribution in [3.8, 4) is 11.5 Å². The first kappa shape index (κ1) is 18.3. The quantitative estimate of drug-likeness (QED) is 0.833. The van der Waals surface area contributed by atoms with Gasteiger partial charge >= 0.3 is 6.09 Å². The van der Waals surface area contributed by atoms with Crippen molar-refractivity contribution in [3.05, 3.63) is 35.4 Å². The molecule has 1 aromatic heterocycles. The Morgan fingerprint density at radius 2 is 2.23 bits per heavy atom. The largest absolute Gasteiger partial charge is 0.450 e. The molecule has 0 bridgehead atoms. The van der Waals surface area contributed by atoms with Gasteiger partial charge in [-0.15, -0.1) is 0 Å². The summed E-state index contributed by atoms with van der Waals surface area (Å²) < 4.78 is 24.3. The molecule has 1 aromatic carbocycles. The summed E-state index contributed by atoms with van der Waals surface area (Å²) in [6, 6.07) is 4.91. The minimum absolute atomic E-state index is 0.130. The predicted molar refractivity (Wildman–Crippen MR) is 92.9 cm³/mol. The van der Waals surface area contributed by atoms with E-state index < -0.39 is 0 Å². The average Bonchev–Trinajstić information content (AvgIpc) is 3.07. The highest BCUT2D eigenvalue weighted by molar-refractivity contribution is 5.67. The molecular weight excluding hydrogens is 339 g/mol. The van der Waals surface area contributed by atoms with Crippen molar-refractivity contribution in [2.45, 2.75) is 33.4 Å². The Balaban J connectivity index is 1.65. The van der Waals surface area contributed by atoms with Crippen molar-refractivity contribution in [1.82, 2.24) is 19.9 Å². The summed E-state index contributed by atoms with van der Waals surface area (Å²) in [5.41, 5.74) is 1.23. The second-order valence-corrected chi connectivity index (χ2v) is 6.46. The van der Waals surface area contributed by atoms with Gasteiger partial charge in [0.05, 0.1) is 18.7 Å². The first-order valence-electron chi connectivity index (χ1n) is 8.72. The number of ether oxygens (including phenoxy) is 1. The lowest BCUT2D eigenvalue weighted by Gasteiger charge is -2.38. The van der Waals surface area contributed by atoms with Gasteiger partial charge < -0.3 is 14.2 Å². The number of hydrogen-bond acceptors (Lipinski definition) is 6. The first-order chi connectivity index (χ1) is 12.5. The molecule has 1 saturated heterocycles. The average molecular weight is 362 g/mol. The molecule has 1 aliphatic heterocycles. The third-order valence-corrected chi connectivity index (χ3v) is 4.46.